The highest BCUT2D eigenvalue weighted by atomic mass is 31.3. The molecule has 2 unspecified atom stereocenters. The average Bonchev–Trinajstić information content (AvgIpc) is 3.22. The Kier molecular flexibility index (Phi) is 12.5. The number of hydrogen-bond donors (Lipinski definition) is 9. The van der Waals surface area contributed by atoms with Gasteiger partial charge in [0.05, 0.1) is 18.8 Å². The van der Waals surface area contributed by atoms with Gasteiger partial charge in [-0.3, -0.25) is 37.8 Å². The fraction of sp³-hybridized carbons (Fsp3) is 0.636. The molecule has 9 N–H and O–H groups in total. The summed E-state index contributed by atoms with van der Waals surface area (Å²) in [6, 6.07) is -2.16. The van der Waals surface area contributed by atoms with E-state index in [0.717, 1.165) is 19.2 Å². The van der Waals surface area contributed by atoms with Gasteiger partial charge in [-0.1, -0.05) is 0 Å². The lowest BCUT2D eigenvalue weighted by atomic mass is 9.94. The molecule has 2 fully saturated rings. The molecule has 264 valence electrons. The minimum Gasteiger partial charge on any atom is -0.476 e. The van der Waals surface area contributed by atoms with Gasteiger partial charge in [-0.15, -0.1) is 0 Å². The lowest BCUT2D eigenvalue weighted by Gasteiger charge is -2.43. The molecule has 2 aliphatic heterocycles. The Balaban J connectivity index is 1.64. The number of hydrogen-bond acceptors (Lipinski definition) is 16. The van der Waals surface area contributed by atoms with Crippen LogP contribution in [-0.2, 0) is 51.1 Å². The second kappa shape index (κ2) is 15.4. The number of ether oxygens (including phenoxy) is 2. The molecule has 25 heteroatoms. The molecule has 3 heterocycles. The van der Waals surface area contributed by atoms with E-state index in [-0.39, 0.29) is 0 Å². The number of aromatic amines is 1. The number of aromatic nitrogens is 2. The maximum Gasteiger partial charge on any atom is 0.483 e. The number of carbonyl (C=O) groups excluding carboxylic acids is 3. The molecule has 2 aliphatic rings. The Morgan fingerprint density at radius 3 is 2.23 bits per heavy atom. The number of aliphatic hydroxyl groups is 3. The first-order valence-electron chi connectivity index (χ1n) is 13.4. The van der Waals surface area contributed by atoms with Crippen LogP contribution in [0.25, 0.3) is 0 Å². The van der Waals surface area contributed by atoms with Crippen LogP contribution in [0.15, 0.2) is 21.9 Å². The first kappa shape index (κ1) is 38.3. The van der Waals surface area contributed by atoms with Crippen LogP contribution in [0.1, 0.15) is 32.9 Å². The van der Waals surface area contributed by atoms with E-state index in [1.165, 1.54) is 6.92 Å². The highest BCUT2D eigenvalue weighted by molar-refractivity contribution is 7.61. The number of phosphoric acid groups is 2. The van der Waals surface area contributed by atoms with Gasteiger partial charge < -0.3 is 50.3 Å². The quantitative estimate of drug-likeness (QED) is 0.0652. The zero-order chi connectivity index (χ0) is 35.4. The van der Waals surface area contributed by atoms with E-state index in [1.807, 2.05) is 4.98 Å². The fourth-order valence-corrected chi connectivity index (χ4v) is 6.68. The summed E-state index contributed by atoms with van der Waals surface area (Å²) in [5.74, 6) is -4.74. The molecule has 23 nitrogen and oxygen atoms in total. The van der Waals surface area contributed by atoms with Crippen molar-refractivity contribution in [3.63, 3.8) is 0 Å². The molecule has 0 bridgehead atoms. The van der Waals surface area contributed by atoms with Crippen LogP contribution >= 0.6 is 15.6 Å². The number of carboxylic acids is 1. The van der Waals surface area contributed by atoms with Gasteiger partial charge in [0.2, 0.25) is 17.6 Å². The molecule has 2 amide bonds. The van der Waals surface area contributed by atoms with Crippen LogP contribution in [0.3, 0.4) is 0 Å². The molecule has 3 rings (SSSR count). The molecule has 0 aromatic carbocycles. The van der Waals surface area contributed by atoms with E-state index in [1.54, 1.807) is 0 Å². The van der Waals surface area contributed by atoms with Gasteiger partial charge in [0.15, 0.2) is 12.5 Å². The fourth-order valence-electron chi connectivity index (χ4n) is 4.51. The van der Waals surface area contributed by atoms with Crippen LogP contribution in [0.5, 0.6) is 0 Å². The van der Waals surface area contributed by atoms with Gasteiger partial charge in [-0.05, 0) is 6.92 Å². The van der Waals surface area contributed by atoms with Gasteiger partial charge in [0.1, 0.15) is 30.5 Å². The molecule has 47 heavy (non-hydrogen) atoms. The molecular weight excluding hydrogens is 686 g/mol. The maximum absolute atomic E-state index is 12.7. The first-order chi connectivity index (χ1) is 21.7. The third kappa shape index (κ3) is 10.2. The number of Topliss-reactive ketones (excluding diaryl/α,β-unsaturated/α-hetero) is 1. The summed E-state index contributed by atoms with van der Waals surface area (Å²) in [6.45, 7) is 1.16. The van der Waals surface area contributed by atoms with E-state index in [0.29, 0.717) is 4.57 Å². The lowest BCUT2D eigenvalue weighted by Crippen LogP contribution is -2.67. The van der Waals surface area contributed by atoms with Crippen molar-refractivity contribution >= 4 is 39.2 Å². The molecule has 1 aromatic rings. The van der Waals surface area contributed by atoms with Gasteiger partial charge >= 0.3 is 27.3 Å². The summed E-state index contributed by atoms with van der Waals surface area (Å²) in [5.41, 5.74) is -1.79. The van der Waals surface area contributed by atoms with Crippen molar-refractivity contribution in [2.24, 2.45) is 0 Å². The zero-order valence-corrected chi connectivity index (χ0v) is 26.1. The van der Waals surface area contributed by atoms with Crippen LogP contribution in [0.2, 0.25) is 0 Å². The normalized spacial score (nSPS) is 31.7. The van der Waals surface area contributed by atoms with Crippen molar-refractivity contribution in [2.75, 3.05) is 6.61 Å². The van der Waals surface area contributed by atoms with Crippen molar-refractivity contribution in [1.29, 1.82) is 0 Å². The first-order valence-corrected chi connectivity index (χ1v) is 16.4. The average molecular weight is 718 g/mol. The van der Waals surface area contributed by atoms with E-state index >= 15 is 0 Å². The zero-order valence-electron chi connectivity index (χ0n) is 24.3. The van der Waals surface area contributed by atoms with E-state index in [9.17, 15) is 63.0 Å². The predicted molar refractivity (Wildman–Crippen MR) is 147 cm³/mol. The summed E-state index contributed by atoms with van der Waals surface area (Å²) in [4.78, 5) is 91.4. The molecule has 0 radical (unpaired) electrons. The third-order valence-electron chi connectivity index (χ3n) is 6.71. The number of ketones is 1. The summed E-state index contributed by atoms with van der Waals surface area (Å²) in [6.07, 6.45) is -12.3. The Hall–Kier alpha value is -3.18. The molecule has 0 saturated carbocycles. The summed E-state index contributed by atoms with van der Waals surface area (Å²) in [7, 11) is -11.3. The molecule has 0 spiro atoms. The molecule has 11 atom stereocenters. The topological polar surface area (TPSA) is 349 Å². The Morgan fingerprint density at radius 1 is 0.979 bits per heavy atom. The number of nitrogens with one attached hydrogen (secondary N) is 3. The Bertz CT molecular complexity index is 1560. The van der Waals surface area contributed by atoms with Crippen molar-refractivity contribution < 1.29 is 81.4 Å². The van der Waals surface area contributed by atoms with Crippen LogP contribution in [0.4, 0.5) is 0 Å². The Labute approximate surface area is 262 Å². The van der Waals surface area contributed by atoms with Gasteiger partial charge in [0, 0.05) is 32.0 Å². The van der Waals surface area contributed by atoms with Gasteiger partial charge in [0.25, 0.3) is 5.56 Å². The number of carboxylic acid groups (broad SMARTS) is 1. The van der Waals surface area contributed by atoms with Crippen molar-refractivity contribution in [3.05, 3.63) is 33.1 Å². The molecule has 0 aliphatic carbocycles. The number of carbonyl (C=O) groups is 4. The minimum absolute atomic E-state index is 0.592. The van der Waals surface area contributed by atoms with Crippen molar-refractivity contribution in [1.82, 2.24) is 20.2 Å². The van der Waals surface area contributed by atoms with Gasteiger partial charge in [-0.2, -0.15) is 4.31 Å². The SMILES string of the molecule is CC(=O)N[C@H]1[C@@H](OP(=O)(O)OP(=O)(O)OC[C@H]2O[C@@H](n3ccc(=O)[nH]c3=O)[C@H](O)[C@@H]2O)O[C@H](C)[C@H](NC(=O)CCC(=O)C(=O)O)[C@@H]1O. The summed E-state index contributed by atoms with van der Waals surface area (Å²) >= 11 is 0. The van der Waals surface area contributed by atoms with Crippen molar-refractivity contribution in [2.45, 2.75) is 81.8 Å². The number of amides is 2. The largest absolute Gasteiger partial charge is 0.483 e. The second-order valence-electron chi connectivity index (χ2n) is 10.2. The maximum atomic E-state index is 12.7. The van der Waals surface area contributed by atoms with E-state index < -0.39 is 125 Å². The smallest absolute Gasteiger partial charge is 0.476 e. The number of H-pyrrole nitrogens is 1. The number of aliphatic hydroxyl groups excluding tert-OH is 3. The standard InChI is InChI=1S/C22H32N4O19P2/c1-8-14(24-12(29)4-3-10(28)20(34)35)17(32)15(23-9(2)27)21(42-8)44-47(39,40)45-46(37,38)41-7-11-16(31)18(33)19(43-11)26-6-5-13(30)25-22(26)36/h5-6,8,11,14-19,21,31-33H,3-4,7H2,1-2H3,(H,23,27)(H,24,29)(H,34,35)(H,37,38)(H,39,40)(H,25,30,36)/t8-,11-,14+,15-,16-,17+,18-,19-,21-/m1/s1. The number of phosphoric ester groups is 2. The van der Waals surface area contributed by atoms with Crippen LogP contribution in [-0.4, -0.2) is 119 Å². The number of rotatable bonds is 14. The molecule has 1 aromatic heterocycles. The molecule has 2 saturated heterocycles. The van der Waals surface area contributed by atoms with Crippen molar-refractivity contribution in [3.8, 4) is 0 Å². The highest BCUT2D eigenvalue weighted by Gasteiger charge is 2.50. The predicted octanol–water partition coefficient (Wildman–Crippen LogP) is -4.06. The monoisotopic (exact) mass is 718 g/mol. The molecular formula is C22H32N4O19P2. The second-order valence-corrected chi connectivity index (χ2v) is 13.2. The summed E-state index contributed by atoms with van der Waals surface area (Å²) < 4.78 is 50.3. The number of aliphatic carboxylic acids is 1. The highest BCUT2D eigenvalue weighted by Crippen LogP contribution is 2.61. The van der Waals surface area contributed by atoms with Crippen LogP contribution < -0.4 is 21.9 Å². The number of nitrogens with zero attached hydrogens (tertiary/aromatic N) is 1. The lowest BCUT2D eigenvalue weighted by molar-refractivity contribution is -0.208. The van der Waals surface area contributed by atoms with Crippen LogP contribution in [0, 0.1) is 0 Å². The van der Waals surface area contributed by atoms with E-state index in [2.05, 4.69) is 19.5 Å². The third-order valence-corrected chi connectivity index (χ3v) is 9.31. The Morgan fingerprint density at radius 2 is 1.64 bits per heavy atom. The summed E-state index contributed by atoms with van der Waals surface area (Å²) in [5, 5.41) is 44.5. The van der Waals surface area contributed by atoms with E-state index in [4.69, 9.17) is 19.1 Å². The minimum atomic E-state index is -5.69. The van der Waals surface area contributed by atoms with Gasteiger partial charge in [-0.25, -0.2) is 18.7 Å².